The lowest BCUT2D eigenvalue weighted by atomic mass is 10.1. The molecular weight excluding hydrogens is 256 g/mol. The zero-order valence-electron chi connectivity index (χ0n) is 11.2. The van der Waals surface area contributed by atoms with E-state index in [9.17, 15) is 14.9 Å². The third kappa shape index (κ3) is 4.84. The summed E-state index contributed by atoms with van der Waals surface area (Å²) in [6.07, 6.45) is 1.52. The second-order valence-corrected chi connectivity index (χ2v) is 4.09. The number of nitro benzene ring substituents is 1. The highest BCUT2D eigenvalue weighted by Gasteiger charge is 1.98. The van der Waals surface area contributed by atoms with E-state index in [1.165, 1.54) is 23.8 Å². The van der Waals surface area contributed by atoms with E-state index >= 15 is 0 Å². The van der Waals surface area contributed by atoms with E-state index in [2.05, 4.69) is 4.99 Å². The third-order valence-corrected chi connectivity index (χ3v) is 2.49. The second-order valence-electron chi connectivity index (χ2n) is 4.09. The van der Waals surface area contributed by atoms with E-state index in [4.69, 9.17) is 0 Å². The van der Waals surface area contributed by atoms with Gasteiger partial charge in [-0.15, -0.1) is 0 Å². The van der Waals surface area contributed by atoms with Gasteiger partial charge in [-0.2, -0.15) is 4.99 Å². The van der Waals surface area contributed by atoms with Crippen LogP contribution in [-0.2, 0) is 4.79 Å². The Labute approximate surface area is 116 Å². The van der Waals surface area contributed by atoms with E-state index in [0.717, 1.165) is 5.56 Å². The number of benzene rings is 2. The summed E-state index contributed by atoms with van der Waals surface area (Å²) in [6.45, 7) is 3.92. The van der Waals surface area contributed by atoms with Crippen LogP contribution in [0.2, 0.25) is 0 Å². The first-order valence-corrected chi connectivity index (χ1v) is 5.89. The van der Waals surface area contributed by atoms with Gasteiger partial charge in [-0.05, 0) is 25.5 Å². The first kappa shape index (κ1) is 15.3. The van der Waals surface area contributed by atoms with Crippen molar-refractivity contribution < 1.29 is 9.72 Å². The number of aryl methyl sites for hydroxylation is 2. The molecule has 5 nitrogen and oxygen atoms in total. The van der Waals surface area contributed by atoms with Gasteiger partial charge in [0.25, 0.3) is 5.69 Å². The topological polar surface area (TPSA) is 72.6 Å². The largest absolute Gasteiger partial charge is 0.269 e. The van der Waals surface area contributed by atoms with Crippen molar-refractivity contribution in [2.75, 3.05) is 0 Å². The van der Waals surface area contributed by atoms with Gasteiger partial charge in [0.2, 0.25) is 6.08 Å². The minimum atomic E-state index is -0.417. The fraction of sp³-hybridized carbons (Fsp3) is 0.133. The number of nitro groups is 1. The van der Waals surface area contributed by atoms with Crippen molar-refractivity contribution >= 4 is 17.5 Å². The maximum Gasteiger partial charge on any atom is 0.269 e. The molecular formula is C15H14N2O3. The maximum atomic E-state index is 10.0. The van der Waals surface area contributed by atoms with E-state index in [1.54, 1.807) is 18.2 Å². The number of nitrogens with zero attached hydrogens (tertiary/aromatic N) is 2. The fourth-order valence-electron chi connectivity index (χ4n) is 1.53. The molecule has 2 aromatic carbocycles. The molecule has 5 heteroatoms. The number of aliphatic imine (C=N–C) groups is 1. The van der Waals surface area contributed by atoms with Crippen LogP contribution in [0, 0.1) is 24.0 Å². The molecule has 0 fully saturated rings. The van der Waals surface area contributed by atoms with Crippen molar-refractivity contribution in [2.24, 2.45) is 4.99 Å². The molecule has 0 N–H and O–H groups in total. The smallest absolute Gasteiger partial charge is 0.258 e. The molecule has 0 spiro atoms. The van der Waals surface area contributed by atoms with Crippen LogP contribution in [0.1, 0.15) is 11.1 Å². The molecule has 0 aromatic heterocycles. The van der Waals surface area contributed by atoms with E-state index in [-0.39, 0.29) is 5.69 Å². The lowest BCUT2D eigenvalue weighted by Crippen LogP contribution is -1.84. The summed E-state index contributed by atoms with van der Waals surface area (Å²) in [4.78, 5) is 23.1. The highest BCUT2D eigenvalue weighted by Crippen LogP contribution is 2.18. The highest BCUT2D eigenvalue weighted by molar-refractivity contribution is 5.53. The Morgan fingerprint density at radius 3 is 2.20 bits per heavy atom. The monoisotopic (exact) mass is 270 g/mol. The Kier molecular flexibility index (Phi) is 5.81. The molecule has 0 atom stereocenters. The number of carbonyl (C=O) groups excluding carboxylic acids is 1. The van der Waals surface area contributed by atoms with E-state index in [1.807, 2.05) is 32.0 Å². The molecule has 0 aliphatic carbocycles. The predicted molar refractivity (Wildman–Crippen MR) is 76.8 cm³/mol. The summed E-state index contributed by atoms with van der Waals surface area (Å²) in [5, 5.41) is 10.0. The molecule has 0 heterocycles. The summed E-state index contributed by atoms with van der Waals surface area (Å²) in [6, 6.07) is 13.7. The van der Waals surface area contributed by atoms with Gasteiger partial charge in [0.1, 0.15) is 0 Å². The van der Waals surface area contributed by atoms with Gasteiger partial charge in [-0.1, -0.05) is 35.9 Å². The zero-order chi connectivity index (χ0) is 15.0. The Hall–Kier alpha value is -2.78. The quantitative estimate of drug-likeness (QED) is 0.360. The molecule has 2 aromatic rings. The van der Waals surface area contributed by atoms with Crippen molar-refractivity contribution in [1.29, 1.82) is 0 Å². The molecule has 20 heavy (non-hydrogen) atoms. The van der Waals surface area contributed by atoms with Crippen LogP contribution in [0.15, 0.2) is 53.5 Å². The normalized spacial score (nSPS) is 8.90. The fourth-order valence-corrected chi connectivity index (χ4v) is 1.53. The van der Waals surface area contributed by atoms with Crippen LogP contribution in [0.25, 0.3) is 0 Å². The lowest BCUT2D eigenvalue weighted by Gasteiger charge is -1.97. The van der Waals surface area contributed by atoms with Crippen molar-refractivity contribution in [2.45, 2.75) is 13.8 Å². The summed E-state index contributed by atoms with van der Waals surface area (Å²) in [5.41, 5.74) is 3.02. The van der Waals surface area contributed by atoms with Crippen molar-refractivity contribution in [3.8, 4) is 0 Å². The molecule has 0 radical (unpaired) electrons. The maximum absolute atomic E-state index is 10.0. The molecule has 0 saturated heterocycles. The van der Waals surface area contributed by atoms with E-state index in [0.29, 0.717) is 5.69 Å². The van der Waals surface area contributed by atoms with Crippen LogP contribution in [0.4, 0.5) is 11.4 Å². The summed E-state index contributed by atoms with van der Waals surface area (Å²) in [5.74, 6) is 0. The van der Waals surface area contributed by atoms with Crippen molar-refractivity contribution in [1.82, 2.24) is 0 Å². The Morgan fingerprint density at radius 2 is 1.75 bits per heavy atom. The average Bonchev–Trinajstić information content (AvgIpc) is 2.44. The number of non-ortho nitro benzene ring substituents is 1. The van der Waals surface area contributed by atoms with E-state index < -0.39 is 4.92 Å². The SMILES string of the molecule is Cc1ccc(N=C=O)c(C)c1.O=[N+]([O-])c1ccccc1. The molecule has 0 unspecified atom stereocenters. The van der Waals surface area contributed by atoms with Gasteiger partial charge in [0.15, 0.2) is 0 Å². The molecule has 2 rings (SSSR count). The van der Waals surface area contributed by atoms with Gasteiger partial charge in [0.05, 0.1) is 10.6 Å². The molecule has 102 valence electrons. The molecule has 0 saturated carbocycles. The average molecular weight is 270 g/mol. The zero-order valence-corrected chi connectivity index (χ0v) is 11.2. The Bertz CT molecular complexity index is 633. The van der Waals surface area contributed by atoms with Crippen LogP contribution >= 0.6 is 0 Å². The number of hydrogen-bond donors (Lipinski definition) is 0. The number of rotatable bonds is 2. The van der Waals surface area contributed by atoms with Crippen LogP contribution < -0.4 is 0 Å². The first-order chi connectivity index (χ1) is 9.54. The summed E-state index contributed by atoms with van der Waals surface area (Å²) in [7, 11) is 0. The standard InChI is InChI=1S/C9H9NO.C6H5NO2/c1-7-3-4-9(10-6-11)8(2)5-7;8-7(9)6-4-2-1-3-5-6/h3-5H,1-2H3;1-5H. The van der Waals surface area contributed by atoms with Crippen molar-refractivity contribution in [3.05, 3.63) is 69.8 Å². The molecule has 0 aliphatic rings. The van der Waals surface area contributed by atoms with Gasteiger partial charge in [-0.25, -0.2) is 4.79 Å². The summed E-state index contributed by atoms with van der Waals surface area (Å²) >= 11 is 0. The summed E-state index contributed by atoms with van der Waals surface area (Å²) < 4.78 is 0. The Balaban J connectivity index is 0.000000204. The molecule has 0 aliphatic heterocycles. The highest BCUT2D eigenvalue weighted by atomic mass is 16.6. The lowest BCUT2D eigenvalue weighted by molar-refractivity contribution is -0.384. The number of hydrogen-bond acceptors (Lipinski definition) is 4. The predicted octanol–water partition coefficient (Wildman–Crippen LogP) is 3.87. The minimum Gasteiger partial charge on any atom is -0.258 e. The van der Waals surface area contributed by atoms with Crippen LogP contribution in [0.5, 0.6) is 0 Å². The minimum absolute atomic E-state index is 0.137. The molecule has 0 amide bonds. The van der Waals surface area contributed by atoms with Crippen LogP contribution in [0.3, 0.4) is 0 Å². The van der Waals surface area contributed by atoms with Crippen LogP contribution in [-0.4, -0.2) is 11.0 Å². The van der Waals surface area contributed by atoms with Gasteiger partial charge in [0, 0.05) is 12.1 Å². The number of para-hydroxylation sites is 1. The number of isocyanates is 1. The van der Waals surface area contributed by atoms with Gasteiger partial charge >= 0.3 is 0 Å². The third-order valence-electron chi connectivity index (χ3n) is 2.49. The molecule has 0 bridgehead atoms. The Morgan fingerprint density at radius 1 is 1.10 bits per heavy atom. The van der Waals surface area contributed by atoms with Gasteiger partial charge < -0.3 is 0 Å². The first-order valence-electron chi connectivity index (χ1n) is 5.89. The van der Waals surface area contributed by atoms with Gasteiger partial charge in [-0.3, -0.25) is 10.1 Å². The van der Waals surface area contributed by atoms with Crippen molar-refractivity contribution in [3.63, 3.8) is 0 Å². The second kappa shape index (κ2) is 7.61.